The number of phenolic OH excluding ortho intramolecular Hbond substituents is 1. The van der Waals surface area contributed by atoms with Gasteiger partial charge in [0.1, 0.15) is 34.4 Å². The minimum atomic E-state index is -0.682. The van der Waals surface area contributed by atoms with E-state index in [1.807, 2.05) is 57.2 Å². The van der Waals surface area contributed by atoms with Crippen LogP contribution in [-0.2, 0) is 0 Å². The maximum Gasteiger partial charge on any atom is 0.207 e. The van der Waals surface area contributed by atoms with Crippen LogP contribution in [0.5, 0.6) is 23.0 Å². The lowest BCUT2D eigenvalue weighted by molar-refractivity contribution is 0.103. The van der Waals surface area contributed by atoms with Crippen molar-refractivity contribution in [3.63, 3.8) is 0 Å². The molecule has 5 nitrogen and oxygen atoms in total. The first-order chi connectivity index (χ1) is 18.3. The van der Waals surface area contributed by atoms with E-state index >= 15 is 0 Å². The predicted octanol–water partition coefficient (Wildman–Crippen LogP) is 7.12. The number of thiophene rings is 1. The summed E-state index contributed by atoms with van der Waals surface area (Å²) >= 11 is 1.32. The number of ketones is 1. The summed E-state index contributed by atoms with van der Waals surface area (Å²) in [6.07, 6.45) is 0.896. The number of benzene rings is 3. The third kappa shape index (κ3) is 4.76. The quantitative estimate of drug-likeness (QED) is 0.257. The molecule has 0 amide bonds. The van der Waals surface area contributed by atoms with Gasteiger partial charge in [-0.2, -0.15) is 0 Å². The summed E-state index contributed by atoms with van der Waals surface area (Å²) in [5.74, 6) is 1.86. The van der Waals surface area contributed by atoms with Crippen molar-refractivity contribution in [3.8, 4) is 23.0 Å². The summed E-state index contributed by atoms with van der Waals surface area (Å²) in [5, 5.41) is 10.8. The SMILES string of the molecule is Cc1cc(C)c(C(=O)c2sc3cc(O)ccc3c2Oc2ccc(O[C@@H]3CCN(C4CC4F)C3)cc2)c(C)c1. The average Bonchev–Trinajstić information content (AvgIpc) is 3.26. The smallest absolute Gasteiger partial charge is 0.207 e. The van der Waals surface area contributed by atoms with Crippen molar-refractivity contribution >= 4 is 27.2 Å². The van der Waals surface area contributed by atoms with Crippen LogP contribution in [0.15, 0.2) is 54.6 Å². The number of alkyl halides is 1. The summed E-state index contributed by atoms with van der Waals surface area (Å²) in [6.45, 7) is 7.55. The van der Waals surface area contributed by atoms with E-state index in [1.54, 1.807) is 18.2 Å². The highest BCUT2D eigenvalue weighted by atomic mass is 32.1. The average molecular weight is 532 g/mol. The molecule has 1 N–H and O–H groups in total. The number of phenols is 1. The van der Waals surface area contributed by atoms with E-state index in [1.165, 1.54) is 11.3 Å². The zero-order chi connectivity index (χ0) is 26.6. The fraction of sp³-hybridized carbons (Fsp3) is 0.323. The Morgan fingerprint density at radius 1 is 1.03 bits per heavy atom. The molecule has 7 heteroatoms. The number of aryl methyl sites for hydroxylation is 3. The minimum absolute atomic E-state index is 0.0493. The fourth-order valence-electron chi connectivity index (χ4n) is 5.54. The number of hydrogen-bond acceptors (Lipinski definition) is 6. The number of carbonyl (C=O) groups excluding carboxylic acids is 1. The molecule has 6 rings (SSSR count). The van der Waals surface area contributed by atoms with Crippen LogP contribution >= 0.6 is 11.3 Å². The Labute approximate surface area is 225 Å². The normalized spacial score (nSPS) is 21.1. The number of ether oxygens (including phenoxy) is 2. The highest BCUT2D eigenvalue weighted by molar-refractivity contribution is 7.21. The largest absolute Gasteiger partial charge is 0.508 e. The van der Waals surface area contributed by atoms with Gasteiger partial charge in [0, 0.05) is 34.8 Å². The Hall–Kier alpha value is -3.42. The van der Waals surface area contributed by atoms with Gasteiger partial charge >= 0.3 is 0 Å². The highest BCUT2D eigenvalue weighted by Gasteiger charge is 2.45. The Morgan fingerprint density at radius 3 is 2.39 bits per heavy atom. The number of hydrogen-bond donors (Lipinski definition) is 1. The van der Waals surface area contributed by atoms with E-state index in [0.717, 1.165) is 52.0 Å². The number of aromatic hydroxyl groups is 1. The molecule has 38 heavy (non-hydrogen) atoms. The van der Waals surface area contributed by atoms with Gasteiger partial charge in [-0.25, -0.2) is 4.39 Å². The molecule has 0 spiro atoms. The zero-order valence-corrected chi connectivity index (χ0v) is 22.5. The van der Waals surface area contributed by atoms with E-state index < -0.39 is 6.17 Å². The van der Waals surface area contributed by atoms with Gasteiger partial charge in [0.25, 0.3) is 0 Å². The highest BCUT2D eigenvalue weighted by Crippen LogP contribution is 2.43. The zero-order valence-electron chi connectivity index (χ0n) is 21.7. The minimum Gasteiger partial charge on any atom is -0.508 e. The molecular weight excluding hydrogens is 501 g/mol. The number of fused-ring (bicyclic) bond motifs is 1. The van der Waals surface area contributed by atoms with E-state index in [0.29, 0.717) is 28.4 Å². The molecule has 0 radical (unpaired) electrons. The summed E-state index contributed by atoms with van der Waals surface area (Å²) < 4.78 is 26.7. The number of halogens is 1. The van der Waals surface area contributed by atoms with Gasteiger partial charge in [0.05, 0.1) is 0 Å². The molecule has 1 saturated heterocycles. The molecule has 4 aromatic rings. The maximum atomic E-state index is 13.8. The van der Waals surface area contributed by atoms with Crippen LogP contribution in [0.1, 0.15) is 44.8 Å². The molecule has 196 valence electrons. The maximum absolute atomic E-state index is 13.8. The molecule has 1 aliphatic heterocycles. The van der Waals surface area contributed by atoms with Crippen molar-refractivity contribution < 1.29 is 23.8 Å². The first-order valence-electron chi connectivity index (χ1n) is 13.0. The molecule has 2 unspecified atom stereocenters. The first-order valence-corrected chi connectivity index (χ1v) is 13.8. The molecule has 1 saturated carbocycles. The van der Waals surface area contributed by atoms with E-state index in [-0.39, 0.29) is 23.7 Å². The van der Waals surface area contributed by atoms with Crippen LogP contribution in [0.25, 0.3) is 10.1 Å². The monoisotopic (exact) mass is 531 g/mol. The van der Waals surface area contributed by atoms with Crippen molar-refractivity contribution in [1.82, 2.24) is 4.90 Å². The fourth-order valence-corrected chi connectivity index (χ4v) is 6.65. The van der Waals surface area contributed by atoms with Crippen LogP contribution in [0.4, 0.5) is 4.39 Å². The molecule has 0 bridgehead atoms. The number of rotatable bonds is 7. The van der Waals surface area contributed by atoms with Crippen molar-refractivity contribution in [2.75, 3.05) is 13.1 Å². The second-order valence-corrected chi connectivity index (χ2v) is 11.5. The lowest BCUT2D eigenvalue weighted by Crippen LogP contribution is -2.28. The second-order valence-electron chi connectivity index (χ2n) is 10.5. The summed E-state index contributed by atoms with van der Waals surface area (Å²) in [7, 11) is 0. The standard InChI is InChI=1S/C31H30FNO4S/c1-17-12-18(2)28(19(3)13-17)29(35)31-30(24-9-4-20(34)14-27(24)38-31)37-22-7-5-21(6-8-22)36-23-10-11-33(16-23)26-15-25(26)32/h4-9,12-14,23,25-26,34H,10-11,15-16H2,1-3H3/t23-,25?,26?/m1/s1. The van der Waals surface area contributed by atoms with Gasteiger partial charge in [-0.15, -0.1) is 11.3 Å². The van der Waals surface area contributed by atoms with Gasteiger partial charge in [0.2, 0.25) is 5.78 Å². The van der Waals surface area contributed by atoms with Gasteiger partial charge in [-0.3, -0.25) is 9.69 Å². The third-order valence-electron chi connectivity index (χ3n) is 7.41. The van der Waals surface area contributed by atoms with Gasteiger partial charge in [-0.1, -0.05) is 17.7 Å². The molecule has 2 heterocycles. The molecule has 3 aromatic carbocycles. The second kappa shape index (κ2) is 9.71. The Bertz CT molecular complexity index is 1510. The van der Waals surface area contributed by atoms with Crippen molar-refractivity contribution in [1.29, 1.82) is 0 Å². The topological polar surface area (TPSA) is 59.0 Å². The Balaban J connectivity index is 1.26. The van der Waals surface area contributed by atoms with Crippen LogP contribution in [-0.4, -0.2) is 47.2 Å². The van der Waals surface area contributed by atoms with Gasteiger partial charge < -0.3 is 14.6 Å². The molecule has 2 aliphatic rings. The Morgan fingerprint density at radius 2 is 1.71 bits per heavy atom. The molecule has 3 atom stereocenters. The Kier molecular flexibility index (Phi) is 6.36. The van der Waals surface area contributed by atoms with Crippen LogP contribution in [0.3, 0.4) is 0 Å². The molecular formula is C31H30FNO4S. The summed E-state index contributed by atoms with van der Waals surface area (Å²) in [4.78, 5) is 16.5. The van der Waals surface area contributed by atoms with Gasteiger partial charge in [0.15, 0.2) is 5.75 Å². The first kappa shape index (κ1) is 24.9. The van der Waals surface area contributed by atoms with E-state index in [9.17, 15) is 14.3 Å². The van der Waals surface area contributed by atoms with Crippen LogP contribution in [0.2, 0.25) is 0 Å². The summed E-state index contributed by atoms with van der Waals surface area (Å²) in [5.41, 5.74) is 3.64. The molecule has 1 aliphatic carbocycles. The van der Waals surface area contributed by atoms with Crippen LogP contribution < -0.4 is 9.47 Å². The van der Waals surface area contributed by atoms with E-state index in [4.69, 9.17) is 9.47 Å². The lowest BCUT2D eigenvalue weighted by Gasteiger charge is -2.16. The third-order valence-corrected chi connectivity index (χ3v) is 8.54. The number of nitrogens with zero attached hydrogens (tertiary/aromatic N) is 1. The van der Waals surface area contributed by atoms with Crippen molar-refractivity contribution in [2.24, 2.45) is 0 Å². The van der Waals surface area contributed by atoms with Crippen LogP contribution in [0, 0.1) is 20.8 Å². The summed E-state index contributed by atoms with van der Waals surface area (Å²) in [6, 6.07) is 16.6. The van der Waals surface area contributed by atoms with Gasteiger partial charge in [-0.05, 0) is 87.2 Å². The predicted molar refractivity (Wildman–Crippen MR) is 148 cm³/mol. The molecule has 1 aromatic heterocycles. The number of carbonyl (C=O) groups is 1. The lowest BCUT2D eigenvalue weighted by atomic mass is 9.95. The van der Waals surface area contributed by atoms with E-state index in [2.05, 4.69) is 4.90 Å². The van der Waals surface area contributed by atoms with Crippen molar-refractivity contribution in [2.45, 2.75) is 51.9 Å². The molecule has 2 fully saturated rings. The van der Waals surface area contributed by atoms with Crippen molar-refractivity contribution in [3.05, 3.63) is 81.7 Å². The number of likely N-dealkylation sites (tertiary alicyclic amines) is 1.